The van der Waals surface area contributed by atoms with E-state index in [9.17, 15) is 18.3 Å². The number of nitrogens with zero attached hydrogens (tertiary/aromatic N) is 1. The predicted molar refractivity (Wildman–Crippen MR) is 77.5 cm³/mol. The molecule has 0 amide bonds. The lowest BCUT2D eigenvalue weighted by atomic mass is 9.98. The Morgan fingerprint density at radius 1 is 1.20 bits per heavy atom. The van der Waals surface area contributed by atoms with E-state index in [1.165, 1.54) is 6.07 Å². The van der Waals surface area contributed by atoms with Crippen molar-refractivity contribution >= 4 is 34.2 Å². The fourth-order valence-corrected chi connectivity index (χ4v) is 2.59. The number of alkyl halides is 3. The van der Waals surface area contributed by atoms with E-state index in [0.29, 0.717) is 14.2 Å². The van der Waals surface area contributed by atoms with E-state index < -0.39 is 17.8 Å². The van der Waals surface area contributed by atoms with Gasteiger partial charge in [-0.05, 0) is 52.4 Å². The zero-order valence-corrected chi connectivity index (χ0v) is 12.7. The smallest absolute Gasteiger partial charge is 0.384 e. The van der Waals surface area contributed by atoms with Crippen molar-refractivity contribution < 1.29 is 18.3 Å². The summed E-state index contributed by atoms with van der Waals surface area (Å²) >= 11 is 7.76. The summed E-state index contributed by atoms with van der Waals surface area (Å²) in [6.45, 7) is 0. The van der Waals surface area contributed by atoms with E-state index in [2.05, 4.69) is 4.98 Å². The summed E-state index contributed by atoms with van der Waals surface area (Å²) in [4.78, 5) is 3.66. The Kier molecular flexibility index (Phi) is 4.55. The van der Waals surface area contributed by atoms with E-state index in [4.69, 9.17) is 11.6 Å². The highest BCUT2D eigenvalue weighted by Gasteiger charge is 2.35. The summed E-state index contributed by atoms with van der Waals surface area (Å²) in [6, 6.07) is 5.52. The normalized spacial score (nSPS) is 13.3. The maximum atomic E-state index is 12.9. The van der Waals surface area contributed by atoms with Crippen molar-refractivity contribution in [1.82, 2.24) is 4.98 Å². The van der Waals surface area contributed by atoms with E-state index in [0.717, 1.165) is 18.5 Å². The Labute approximate surface area is 131 Å². The molecule has 2 nitrogen and oxygen atoms in total. The fraction of sp³-hybridized carbons (Fsp3) is 0.154. The first-order chi connectivity index (χ1) is 9.30. The van der Waals surface area contributed by atoms with Crippen LogP contribution in [0.1, 0.15) is 22.8 Å². The first-order valence-electron chi connectivity index (χ1n) is 5.45. The van der Waals surface area contributed by atoms with Crippen molar-refractivity contribution in [3.63, 3.8) is 0 Å². The number of pyridine rings is 1. The van der Waals surface area contributed by atoms with Crippen LogP contribution in [0, 0.1) is 3.57 Å². The Bertz CT molecular complexity index is 633. The van der Waals surface area contributed by atoms with Gasteiger partial charge in [0.2, 0.25) is 0 Å². The molecular weight excluding hydrogens is 406 g/mol. The van der Waals surface area contributed by atoms with Crippen LogP contribution in [0.2, 0.25) is 5.02 Å². The zero-order valence-electron chi connectivity index (χ0n) is 9.83. The minimum absolute atomic E-state index is 0.291. The summed E-state index contributed by atoms with van der Waals surface area (Å²) < 4.78 is 39.4. The lowest BCUT2D eigenvalue weighted by Crippen LogP contribution is -2.13. The molecular formula is C13H8ClF3INO. The lowest BCUT2D eigenvalue weighted by Gasteiger charge is -2.18. The summed E-state index contributed by atoms with van der Waals surface area (Å²) in [5.74, 6) is 0. The van der Waals surface area contributed by atoms with Crippen LogP contribution < -0.4 is 0 Å². The zero-order chi connectivity index (χ0) is 14.9. The van der Waals surface area contributed by atoms with Crippen LogP contribution in [0.4, 0.5) is 13.2 Å². The van der Waals surface area contributed by atoms with E-state index in [1.807, 2.05) is 22.6 Å². The second-order valence-electron chi connectivity index (χ2n) is 4.03. The van der Waals surface area contributed by atoms with Gasteiger partial charge in [-0.25, -0.2) is 0 Å². The average Bonchev–Trinajstić information content (AvgIpc) is 2.40. The number of aliphatic hydroxyl groups excluding tert-OH is 1. The molecule has 0 aliphatic rings. The minimum atomic E-state index is -4.55. The number of rotatable bonds is 2. The largest absolute Gasteiger partial charge is 0.416 e. The minimum Gasteiger partial charge on any atom is -0.384 e. The Morgan fingerprint density at radius 2 is 1.90 bits per heavy atom. The molecule has 0 spiro atoms. The number of benzene rings is 1. The van der Waals surface area contributed by atoms with Crippen molar-refractivity contribution in [3.05, 3.63) is 61.9 Å². The molecule has 1 atom stereocenters. The van der Waals surface area contributed by atoms with Gasteiger partial charge in [-0.2, -0.15) is 13.2 Å². The highest BCUT2D eigenvalue weighted by Crippen LogP contribution is 2.37. The van der Waals surface area contributed by atoms with E-state index in [-0.39, 0.29) is 5.56 Å². The molecule has 2 aromatic rings. The average molecular weight is 414 g/mol. The molecule has 0 bridgehead atoms. The third-order valence-electron chi connectivity index (χ3n) is 2.70. The first-order valence-corrected chi connectivity index (χ1v) is 6.90. The first kappa shape index (κ1) is 15.5. The quantitative estimate of drug-likeness (QED) is 0.739. The van der Waals surface area contributed by atoms with Crippen LogP contribution in [0.25, 0.3) is 0 Å². The molecule has 0 fully saturated rings. The van der Waals surface area contributed by atoms with E-state index in [1.54, 1.807) is 12.1 Å². The molecule has 7 heteroatoms. The van der Waals surface area contributed by atoms with Crippen LogP contribution >= 0.6 is 34.2 Å². The van der Waals surface area contributed by atoms with Crippen LogP contribution in [0.3, 0.4) is 0 Å². The van der Waals surface area contributed by atoms with Gasteiger partial charge in [0.05, 0.1) is 5.56 Å². The summed E-state index contributed by atoms with van der Waals surface area (Å²) in [5.41, 5.74) is -0.882. The standard InChI is InChI=1S/C13H8ClF3INO/c14-7-1-2-11(18)8(5-7)12(20)9-6-19-4-3-10(9)13(15,16)17/h1-6,12,20H. The van der Waals surface area contributed by atoms with Crippen molar-refractivity contribution in [2.24, 2.45) is 0 Å². The summed E-state index contributed by atoms with van der Waals surface area (Å²) in [5, 5.41) is 10.6. The van der Waals surface area contributed by atoms with Gasteiger partial charge in [0, 0.05) is 26.5 Å². The molecule has 0 saturated heterocycles. The molecule has 0 aliphatic carbocycles. The third kappa shape index (κ3) is 3.24. The van der Waals surface area contributed by atoms with Gasteiger partial charge in [0.1, 0.15) is 6.10 Å². The topological polar surface area (TPSA) is 33.1 Å². The van der Waals surface area contributed by atoms with Crippen molar-refractivity contribution in [3.8, 4) is 0 Å². The van der Waals surface area contributed by atoms with Crippen molar-refractivity contribution in [2.45, 2.75) is 12.3 Å². The highest BCUT2D eigenvalue weighted by atomic mass is 127. The molecule has 1 unspecified atom stereocenters. The van der Waals surface area contributed by atoms with Crippen LogP contribution in [0.15, 0.2) is 36.7 Å². The maximum absolute atomic E-state index is 12.9. The molecule has 0 saturated carbocycles. The Hall–Kier alpha value is -0.860. The number of hydrogen-bond donors (Lipinski definition) is 1. The van der Waals surface area contributed by atoms with Gasteiger partial charge in [0.25, 0.3) is 0 Å². The van der Waals surface area contributed by atoms with Gasteiger partial charge in [0.15, 0.2) is 0 Å². The monoisotopic (exact) mass is 413 g/mol. The molecule has 0 aliphatic heterocycles. The third-order valence-corrected chi connectivity index (χ3v) is 3.92. The Morgan fingerprint density at radius 3 is 2.55 bits per heavy atom. The van der Waals surface area contributed by atoms with Gasteiger partial charge in [-0.15, -0.1) is 0 Å². The Balaban J connectivity index is 2.54. The lowest BCUT2D eigenvalue weighted by molar-refractivity contribution is -0.139. The molecule has 20 heavy (non-hydrogen) atoms. The summed E-state index contributed by atoms with van der Waals surface area (Å²) in [7, 11) is 0. The molecule has 0 radical (unpaired) electrons. The van der Waals surface area contributed by atoms with Crippen LogP contribution in [-0.2, 0) is 6.18 Å². The summed E-state index contributed by atoms with van der Waals surface area (Å²) in [6.07, 6.45) is -3.93. The van der Waals surface area contributed by atoms with Crippen molar-refractivity contribution in [2.75, 3.05) is 0 Å². The molecule has 106 valence electrons. The second-order valence-corrected chi connectivity index (χ2v) is 5.63. The SMILES string of the molecule is OC(c1cc(Cl)ccc1I)c1cnccc1C(F)(F)F. The highest BCUT2D eigenvalue weighted by molar-refractivity contribution is 14.1. The van der Waals surface area contributed by atoms with E-state index >= 15 is 0 Å². The number of aromatic nitrogens is 1. The predicted octanol–water partition coefficient (Wildman–Crippen LogP) is 4.44. The number of aliphatic hydroxyl groups is 1. The second kappa shape index (κ2) is 5.87. The molecule has 1 heterocycles. The molecule has 1 aromatic carbocycles. The van der Waals surface area contributed by atoms with Crippen LogP contribution in [-0.4, -0.2) is 10.1 Å². The molecule has 2 rings (SSSR count). The van der Waals surface area contributed by atoms with Gasteiger partial charge in [-0.1, -0.05) is 11.6 Å². The van der Waals surface area contributed by atoms with Gasteiger partial charge >= 0.3 is 6.18 Å². The fourth-order valence-electron chi connectivity index (χ4n) is 1.77. The van der Waals surface area contributed by atoms with Crippen molar-refractivity contribution in [1.29, 1.82) is 0 Å². The van der Waals surface area contributed by atoms with Gasteiger partial charge < -0.3 is 5.11 Å². The molecule has 1 aromatic heterocycles. The number of hydrogen-bond acceptors (Lipinski definition) is 2. The molecule has 1 N–H and O–H groups in total. The maximum Gasteiger partial charge on any atom is 0.416 e. The number of halogens is 5. The van der Waals surface area contributed by atoms with Gasteiger partial charge in [-0.3, -0.25) is 4.98 Å². The van der Waals surface area contributed by atoms with Crippen LogP contribution in [0.5, 0.6) is 0 Å².